The van der Waals surface area contributed by atoms with E-state index in [1.165, 1.54) is 4.31 Å². The molecule has 0 heterocycles. The Morgan fingerprint density at radius 3 is 2.10 bits per heavy atom. The van der Waals surface area contributed by atoms with E-state index >= 15 is 0 Å². The van der Waals surface area contributed by atoms with E-state index in [0.717, 1.165) is 6.26 Å². The largest absolute Gasteiger partial charge is 0.462 e. The smallest absolute Gasteiger partial charge is 0.311 e. The fraction of sp³-hybridized carbons (Fsp3) is 0.929. The van der Waals surface area contributed by atoms with Crippen LogP contribution in [0.3, 0.4) is 0 Å². The molecule has 0 amide bonds. The summed E-state index contributed by atoms with van der Waals surface area (Å²) in [7, 11) is -3.30. The number of esters is 1. The van der Waals surface area contributed by atoms with Crippen molar-refractivity contribution in [2.75, 3.05) is 26.0 Å². The zero-order valence-corrected chi connectivity index (χ0v) is 15.0. The van der Waals surface area contributed by atoms with E-state index in [2.05, 4.69) is 0 Å². The van der Waals surface area contributed by atoms with Crippen LogP contribution in [-0.4, -0.2) is 56.9 Å². The first-order valence-electron chi connectivity index (χ1n) is 7.15. The first kappa shape index (κ1) is 20.3. The van der Waals surface area contributed by atoms with Gasteiger partial charge in [-0.3, -0.25) is 4.79 Å². The highest BCUT2D eigenvalue weighted by molar-refractivity contribution is 7.88. The zero-order valence-electron chi connectivity index (χ0n) is 14.2. The van der Waals surface area contributed by atoms with E-state index in [1.807, 2.05) is 13.8 Å². The Morgan fingerprint density at radius 2 is 1.76 bits per heavy atom. The lowest BCUT2D eigenvalue weighted by atomic mass is 9.97. The molecule has 0 aromatic rings. The van der Waals surface area contributed by atoms with Crippen LogP contribution in [0.15, 0.2) is 0 Å². The molecule has 0 bridgehead atoms. The molecule has 7 heteroatoms. The molecule has 0 saturated heterocycles. The SMILES string of the molecule is CCN(C[C@@H](COC(=O)C(C)(C)C)OC(C)C)S(C)(=O)=O. The van der Waals surface area contributed by atoms with Crippen LogP contribution in [-0.2, 0) is 24.3 Å². The van der Waals surface area contributed by atoms with Crippen molar-refractivity contribution in [3.05, 3.63) is 0 Å². The maximum atomic E-state index is 11.8. The summed E-state index contributed by atoms with van der Waals surface area (Å²) in [6, 6.07) is 0. The molecule has 0 unspecified atom stereocenters. The molecule has 0 aliphatic heterocycles. The average molecular weight is 323 g/mol. The zero-order chi connectivity index (χ0) is 16.8. The van der Waals surface area contributed by atoms with Crippen molar-refractivity contribution in [2.24, 2.45) is 5.41 Å². The van der Waals surface area contributed by atoms with Crippen molar-refractivity contribution in [2.45, 2.75) is 53.8 Å². The van der Waals surface area contributed by atoms with Gasteiger partial charge in [-0.05, 0) is 34.6 Å². The van der Waals surface area contributed by atoms with E-state index < -0.39 is 21.5 Å². The van der Waals surface area contributed by atoms with Crippen LogP contribution in [0, 0.1) is 5.41 Å². The second-order valence-electron chi connectivity index (χ2n) is 6.37. The topological polar surface area (TPSA) is 72.9 Å². The number of rotatable bonds is 8. The van der Waals surface area contributed by atoms with Gasteiger partial charge >= 0.3 is 5.97 Å². The third-order valence-corrected chi connectivity index (χ3v) is 4.05. The third kappa shape index (κ3) is 8.38. The van der Waals surface area contributed by atoms with Gasteiger partial charge < -0.3 is 9.47 Å². The summed E-state index contributed by atoms with van der Waals surface area (Å²) in [5, 5.41) is 0. The Morgan fingerprint density at radius 1 is 1.24 bits per heavy atom. The molecule has 0 radical (unpaired) electrons. The summed E-state index contributed by atoms with van der Waals surface area (Å²) in [5.41, 5.74) is -0.594. The fourth-order valence-electron chi connectivity index (χ4n) is 1.63. The molecule has 0 aliphatic rings. The Bertz CT molecular complexity index is 425. The van der Waals surface area contributed by atoms with Crippen LogP contribution in [0.25, 0.3) is 0 Å². The molecule has 0 spiro atoms. The van der Waals surface area contributed by atoms with Crippen molar-refractivity contribution in [1.82, 2.24) is 4.31 Å². The first-order chi connectivity index (χ1) is 9.37. The van der Waals surface area contributed by atoms with Gasteiger partial charge in [0.2, 0.25) is 10.0 Å². The predicted octanol–water partition coefficient (Wildman–Crippen LogP) is 1.65. The maximum absolute atomic E-state index is 11.8. The van der Waals surface area contributed by atoms with E-state index in [4.69, 9.17) is 9.47 Å². The number of sulfonamides is 1. The predicted molar refractivity (Wildman–Crippen MR) is 82.5 cm³/mol. The van der Waals surface area contributed by atoms with Crippen LogP contribution < -0.4 is 0 Å². The molecular formula is C14H29NO5S. The minimum atomic E-state index is -3.30. The number of nitrogens with zero attached hydrogens (tertiary/aromatic N) is 1. The Labute approximate surface area is 128 Å². The standard InChI is InChI=1S/C14H29NO5S/c1-8-15(21(7,17)18)9-12(20-11(2)3)10-19-13(16)14(4,5)6/h11-12H,8-10H2,1-7H3/t12-/m0/s1. The van der Waals surface area contributed by atoms with Gasteiger partial charge in [-0.2, -0.15) is 4.31 Å². The van der Waals surface area contributed by atoms with Crippen LogP contribution in [0.5, 0.6) is 0 Å². The van der Waals surface area contributed by atoms with E-state index in [1.54, 1.807) is 27.7 Å². The molecule has 0 N–H and O–H groups in total. The third-order valence-electron chi connectivity index (χ3n) is 2.71. The van der Waals surface area contributed by atoms with Crippen LogP contribution in [0.4, 0.5) is 0 Å². The molecule has 0 aromatic heterocycles. The highest BCUT2D eigenvalue weighted by Gasteiger charge is 2.27. The second kappa shape index (κ2) is 8.10. The molecule has 126 valence electrons. The average Bonchev–Trinajstić information content (AvgIpc) is 2.28. The van der Waals surface area contributed by atoms with Crippen LogP contribution >= 0.6 is 0 Å². The van der Waals surface area contributed by atoms with Crippen molar-refractivity contribution < 1.29 is 22.7 Å². The lowest BCUT2D eigenvalue weighted by Crippen LogP contribution is -2.41. The van der Waals surface area contributed by atoms with Crippen LogP contribution in [0.1, 0.15) is 41.5 Å². The molecule has 21 heavy (non-hydrogen) atoms. The van der Waals surface area contributed by atoms with Gasteiger partial charge in [0, 0.05) is 13.1 Å². The first-order valence-corrected chi connectivity index (χ1v) is 9.00. The second-order valence-corrected chi connectivity index (χ2v) is 8.35. The van der Waals surface area contributed by atoms with Gasteiger partial charge in [0.15, 0.2) is 0 Å². The number of carbonyl (C=O) groups is 1. The summed E-state index contributed by atoms with van der Waals surface area (Å²) in [6.45, 7) is 11.3. The maximum Gasteiger partial charge on any atom is 0.311 e. The summed E-state index contributed by atoms with van der Waals surface area (Å²) < 4.78 is 35.5. The van der Waals surface area contributed by atoms with E-state index in [-0.39, 0.29) is 25.2 Å². The molecule has 6 nitrogen and oxygen atoms in total. The van der Waals surface area contributed by atoms with E-state index in [0.29, 0.717) is 6.54 Å². The number of hydrogen-bond acceptors (Lipinski definition) is 5. The van der Waals surface area contributed by atoms with Gasteiger partial charge in [-0.25, -0.2) is 8.42 Å². The molecule has 0 rings (SSSR count). The van der Waals surface area contributed by atoms with Crippen molar-refractivity contribution >= 4 is 16.0 Å². The number of hydrogen-bond donors (Lipinski definition) is 0. The van der Waals surface area contributed by atoms with Crippen molar-refractivity contribution in [1.29, 1.82) is 0 Å². The molecule has 0 saturated carbocycles. The minimum Gasteiger partial charge on any atom is -0.462 e. The van der Waals surface area contributed by atoms with E-state index in [9.17, 15) is 13.2 Å². The number of likely N-dealkylation sites (N-methyl/N-ethyl adjacent to an activating group) is 1. The monoisotopic (exact) mass is 323 g/mol. The minimum absolute atomic E-state index is 0.0420. The molecule has 0 aliphatic carbocycles. The highest BCUT2D eigenvalue weighted by atomic mass is 32.2. The summed E-state index contributed by atoms with van der Waals surface area (Å²) >= 11 is 0. The lowest BCUT2D eigenvalue weighted by Gasteiger charge is -2.27. The van der Waals surface area contributed by atoms with Gasteiger partial charge in [0.1, 0.15) is 12.7 Å². The molecule has 0 fully saturated rings. The van der Waals surface area contributed by atoms with Crippen molar-refractivity contribution in [3.8, 4) is 0 Å². The lowest BCUT2D eigenvalue weighted by molar-refractivity contribution is -0.158. The molecular weight excluding hydrogens is 294 g/mol. The van der Waals surface area contributed by atoms with Crippen LogP contribution in [0.2, 0.25) is 0 Å². The van der Waals surface area contributed by atoms with Gasteiger partial charge in [-0.15, -0.1) is 0 Å². The van der Waals surface area contributed by atoms with Crippen molar-refractivity contribution in [3.63, 3.8) is 0 Å². The number of ether oxygens (including phenoxy) is 2. The quantitative estimate of drug-likeness (QED) is 0.635. The summed E-state index contributed by atoms with van der Waals surface area (Å²) in [5.74, 6) is -0.331. The fourth-order valence-corrected chi connectivity index (χ4v) is 2.54. The summed E-state index contributed by atoms with van der Waals surface area (Å²) in [6.07, 6.45) is 0.594. The summed E-state index contributed by atoms with van der Waals surface area (Å²) in [4.78, 5) is 11.8. The van der Waals surface area contributed by atoms with Gasteiger partial charge in [0.05, 0.1) is 17.8 Å². The Kier molecular flexibility index (Phi) is 7.84. The van der Waals surface area contributed by atoms with Gasteiger partial charge in [-0.1, -0.05) is 6.92 Å². The molecule has 1 atom stereocenters. The highest BCUT2D eigenvalue weighted by Crippen LogP contribution is 2.16. The normalized spacial score (nSPS) is 14.5. The Hall–Kier alpha value is -0.660. The molecule has 0 aromatic carbocycles. The van der Waals surface area contributed by atoms with Gasteiger partial charge in [0.25, 0.3) is 0 Å². The Balaban J connectivity index is 4.77. The number of carbonyl (C=O) groups excluding carboxylic acids is 1.